The molecule has 3 aromatic carbocycles. The number of nitrogens with one attached hydrogen (secondary N) is 2. The van der Waals surface area contributed by atoms with Crippen molar-refractivity contribution < 1.29 is 9.47 Å². The molecular weight excluding hydrogens is 493 g/mol. The maximum absolute atomic E-state index is 6.55. The lowest BCUT2D eigenvalue weighted by atomic mass is 10.2. The number of benzene rings is 3. The van der Waals surface area contributed by atoms with Crippen LogP contribution in [0.5, 0.6) is 11.5 Å². The number of para-hydroxylation sites is 2. The average Bonchev–Trinajstić information content (AvgIpc) is 3.24. The van der Waals surface area contributed by atoms with Gasteiger partial charge in [-0.2, -0.15) is 0 Å². The topological polar surface area (TPSA) is 59.2 Å². The molecule has 5 nitrogen and oxygen atoms in total. The highest BCUT2D eigenvalue weighted by Crippen LogP contribution is 2.34. The lowest BCUT2D eigenvalue weighted by Crippen LogP contribution is -2.16. The number of imidazole rings is 1. The Morgan fingerprint density at radius 1 is 0.912 bits per heavy atom. The van der Waals surface area contributed by atoms with Crippen LogP contribution in [0.4, 0.5) is 0 Å². The van der Waals surface area contributed by atoms with Crippen LogP contribution in [0.3, 0.4) is 0 Å². The number of halogens is 3. The molecule has 0 aliphatic carbocycles. The molecule has 0 aliphatic rings. The van der Waals surface area contributed by atoms with Gasteiger partial charge in [0.15, 0.2) is 11.5 Å². The first-order chi connectivity index (χ1) is 16.5. The minimum absolute atomic E-state index is 0.326. The summed E-state index contributed by atoms with van der Waals surface area (Å²) in [6, 6.07) is 17.2. The molecule has 0 aliphatic heterocycles. The number of H-pyrrole nitrogens is 1. The normalized spacial score (nSPS) is 11.2. The number of nitrogens with zero attached hydrogens (tertiary/aromatic N) is 1. The van der Waals surface area contributed by atoms with Gasteiger partial charge < -0.3 is 19.8 Å². The number of aromatic nitrogens is 2. The van der Waals surface area contributed by atoms with Crippen LogP contribution in [0.1, 0.15) is 30.3 Å². The molecule has 4 aromatic rings. The molecule has 0 bridgehead atoms. The molecule has 0 fully saturated rings. The molecule has 2 N–H and O–H groups in total. The Morgan fingerprint density at radius 3 is 2.53 bits per heavy atom. The van der Waals surface area contributed by atoms with E-state index < -0.39 is 0 Å². The van der Waals surface area contributed by atoms with Gasteiger partial charge in [-0.1, -0.05) is 53.0 Å². The molecule has 0 spiro atoms. The van der Waals surface area contributed by atoms with Crippen molar-refractivity contribution in [1.29, 1.82) is 0 Å². The van der Waals surface area contributed by atoms with Crippen molar-refractivity contribution in [1.82, 2.24) is 15.3 Å². The number of fused-ring (bicyclic) bond motifs is 1. The minimum atomic E-state index is 0.326. The molecule has 1 aromatic heterocycles. The lowest BCUT2D eigenvalue weighted by Gasteiger charge is -2.15. The van der Waals surface area contributed by atoms with E-state index in [0.29, 0.717) is 46.3 Å². The highest BCUT2D eigenvalue weighted by molar-refractivity contribution is 6.42. The van der Waals surface area contributed by atoms with E-state index in [2.05, 4.69) is 15.3 Å². The van der Waals surface area contributed by atoms with Crippen LogP contribution >= 0.6 is 34.8 Å². The lowest BCUT2D eigenvalue weighted by molar-refractivity contribution is 0.269. The summed E-state index contributed by atoms with van der Waals surface area (Å²) in [6.45, 7) is 4.26. The molecule has 1 heterocycles. The van der Waals surface area contributed by atoms with Crippen molar-refractivity contribution in [3.05, 3.63) is 86.6 Å². The number of rotatable bonds is 11. The van der Waals surface area contributed by atoms with Crippen LogP contribution in [0.25, 0.3) is 11.0 Å². The molecule has 0 saturated heterocycles. The summed E-state index contributed by atoms with van der Waals surface area (Å²) in [6.07, 6.45) is 1.84. The third-order valence-electron chi connectivity index (χ3n) is 5.31. The largest absolute Gasteiger partial charge is 0.490 e. The second kappa shape index (κ2) is 11.8. The standard InChI is InChI=1S/C26H26Cl3N3O2/c1-2-33-24-13-18(15-30-11-5-8-26-31-22-6-3-4-7-23(22)32-26)20(28)14-25(24)34-16-17-9-10-19(27)21(29)12-17/h3-4,6-7,9-10,12-14,30H,2,5,8,11,15-16H2,1H3,(H,31,32). The van der Waals surface area contributed by atoms with E-state index in [4.69, 9.17) is 44.3 Å². The van der Waals surface area contributed by atoms with Gasteiger partial charge in [-0.15, -0.1) is 0 Å². The van der Waals surface area contributed by atoms with Gasteiger partial charge >= 0.3 is 0 Å². The zero-order valence-corrected chi connectivity index (χ0v) is 21.1. The van der Waals surface area contributed by atoms with Crippen molar-refractivity contribution in [2.24, 2.45) is 0 Å². The third-order valence-corrected chi connectivity index (χ3v) is 6.40. The van der Waals surface area contributed by atoms with Gasteiger partial charge in [0.25, 0.3) is 0 Å². The maximum atomic E-state index is 6.55. The van der Waals surface area contributed by atoms with Crippen molar-refractivity contribution in [2.45, 2.75) is 32.9 Å². The summed E-state index contributed by atoms with van der Waals surface area (Å²) in [7, 11) is 0. The Labute approximate surface area is 214 Å². The summed E-state index contributed by atoms with van der Waals surface area (Å²) >= 11 is 18.6. The first kappa shape index (κ1) is 24.7. The number of hydrogen-bond acceptors (Lipinski definition) is 4. The summed E-state index contributed by atoms with van der Waals surface area (Å²) in [5.41, 5.74) is 3.93. The van der Waals surface area contributed by atoms with Crippen LogP contribution in [0, 0.1) is 0 Å². The number of aromatic amines is 1. The van der Waals surface area contributed by atoms with E-state index in [-0.39, 0.29) is 0 Å². The zero-order chi connectivity index (χ0) is 23.9. The van der Waals surface area contributed by atoms with Gasteiger partial charge in [0.2, 0.25) is 0 Å². The Kier molecular flexibility index (Phi) is 8.57. The SMILES string of the molecule is CCOc1cc(CNCCCc2nc3ccccc3[nH]2)c(Cl)cc1OCc1ccc(Cl)c(Cl)c1. The summed E-state index contributed by atoms with van der Waals surface area (Å²) < 4.78 is 11.8. The highest BCUT2D eigenvalue weighted by atomic mass is 35.5. The number of ether oxygens (including phenoxy) is 2. The van der Waals surface area contributed by atoms with Gasteiger partial charge in [0, 0.05) is 24.1 Å². The monoisotopic (exact) mass is 517 g/mol. The van der Waals surface area contributed by atoms with Gasteiger partial charge in [-0.05, 0) is 61.3 Å². The Bertz CT molecular complexity index is 1230. The zero-order valence-electron chi connectivity index (χ0n) is 18.8. The molecule has 0 saturated carbocycles. The van der Waals surface area contributed by atoms with Crippen LogP contribution in [-0.2, 0) is 19.6 Å². The predicted octanol–water partition coefficient (Wildman–Crippen LogP) is 7.22. The minimum Gasteiger partial charge on any atom is -0.490 e. The second-order valence-corrected chi connectivity index (χ2v) is 9.06. The molecule has 8 heteroatoms. The van der Waals surface area contributed by atoms with E-state index in [9.17, 15) is 0 Å². The Hall–Kier alpha value is -2.44. The van der Waals surface area contributed by atoms with E-state index in [1.807, 2.05) is 43.3 Å². The third kappa shape index (κ3) is 6.36. The smallest absolute Gasteiger partial charge is 0.163 e. The molecule has 34 heavy (non-hydrogen) atoms. The predicted molar refractivity (Wildman–Crippen MR) is 140 cm³/mol. The van der Waals surface area contributed by atoms with Crippen LogP contribution in [-0.4, -0.2) is 23.1 Å². The molecule has 4 rings (SSSR count). The van der Waals surface area contributed by atoms with E-state index in [1.54, 1.807) is 18.2 Å². The first-order valence-electron chi connectivity index (χ1n) is 11.2. The molecule has 0 unspecified atom stereocenters. The summed E-state index contributed by atoms with van der Waals surface area (Å²) in [5, 5.41) is 5.08. The second-order valence-electron chi connectivity index (χ2n) is 7.84. The summed E-state index contributed by atoms with van der Waals surface area (Å²) in [5.74, 6) is 2.25. The van der Waals surface area contributed by atoms with E-state index >= 15 is 0 Å². The van der Waals surface area contributed by atoms with Crippen LogP contribution in [0.2, 0.25) is 15.1 Å². The van der Waals surface area contributed by atoms with E-state index in [1.165, 1.54) is 0 Å². The van der Waals surface area contributed by atoms with Crippen LogP contribution < -0.4 is 14.8 Å². The van der Waals surface area contributed by atoms with Gasteiger partial charge in [-0.3, -0.25) is 0 Å². The summed E-state index contributed by atoms with van der Waals surface area (Å²) in [4.78, 5) is 7.99. The fourth-order valence-corrected chi connectivity index (χ4v) is 4.15. The molecular formula is C26H26Cl3N3O2. The highest BCUT2D eigenvalue weighted by Gasteiger charge is 2.12. The fraction of sp³-hybridized carbons (Fsp3) is 0.269. The first-order valence-corrected chi connectivity index (χ1v) is 12.3. The fourth-order valence-electron chi connectivity index (χ4n) is 3.61. The van der Waals surface area contributed by atoms with Crippen molar-refractivity contribution in [2.75, 3.05) is 13.2 Å². The van der Waals surface area contributed by atoms with Crippen molar-refractivity contribution in [3.8, 4) is 11.5 Å². The maximum Gasteiger partial charge on any atom is 0.163 e. The Morgan fingerprint density at radius 2 is 1.74 bits per heavy atom. The van der Waals surface area contributed by atoms with Gasteiger partial charge in [-0.25, -0.2) is 4.98 Å². The van der Waals surface area contributed by atoms with Crippen molar-refractivity contribution in [3.63, 3.8) is 0 Å². The van der Waals surface area contributed by atoms with Crippen LogP contribution in [0.15, 0.2) is 54.6 Å². The van der Waals surface area contributed by atoms with Crippen molar-refractivity contribution >= 4 is 45.8 Å². The molecule has 0 atom stereocenters. The Balaban J connectivity index is 1.32. The average molecular weight is 519 g/mol. The molecule has 0 amide bonds. The van der Waals surface area contributed by atoms with E-state index in [0.717, 1.165) is 47.4 Å². The number of aryl methyl sites for hydroxylation is 1. The van der Waals surface area contributed by atoms with Gasteiger partial charge in [0.1, 0.15) is 12.4 Å². The quantitative estimate of drug-likeness (QED) is 0.206. The molecule has 0 radical (unpaired) electrons. The van der Waals surface area contributed by atoms with Gasteiger partial charge in [0.05, 0.1) is 27.7 Å². The molecule has 178 valence electrons. The number of hydrogen-bond donors (Lipinski definition) is 2.